The molecule has 1 N–H and O–H groups in total. The van der Waals surface area contributed by atoms with Crippen molar-refractivity contribution in [3.8, 4) is 17.2 Å². The van der Waals surface area contributed by atoms with Crippen LogP contribution in [0.5, 0.6) is 5.75 Å². The number of aromatic nitrogens is 1. The second-order valence-corrected chi connectivity index (χ2v) is 7.27. The summed E-state index contributed by atoms with van der Waals surface area (Å²) in [5.41, 5.74) is 1.58. The van der Waals surface area contributed by atoms with Crippen LogP contribution < -0.4 is 0 Å². The fourth-order valence-corrected chi connectivity index (χ4v) is 4.12. The van der Waals surface area contributed by atoms with Crippen LogP contribution in [0.2, 0.25) is 0 Å². The van der Waals surface area contributed by atoms with Crippen molar-refractivity contribution in [2.45, 2.75) is 44.7 Å². The highest BCUT2D eigenvalue weighted by Crippen LogP contribution is 2.28. The van der Waals surface area contributed by atoms with Crippen LogP contribution in [0, 0.1) is 0 Å². The first-order valence-corrected chi connectivity index (χ1v) is 9.49. The summed E-state index contributed by atoms with van der Waals surface area (Å²) in [4.78, 5) is 9.70. The van der Waals surface area contributed by atoms with Crippen molar-refractivity contribution in [2.75, 3.05) is 26.2 Å². The number of piperazine rings is 1. The second-order valence-electron chi connectivity index (χ2n) is 7.27. The standard InChI is InChI=1S/C20H27N3O2/c24-19-9-5-4-8-18(19)20-21-16(15-25-20)14-22-10-12-23(13-11-22)17-6-2-1-3-7-17/h4-5,8-9,15,17,24H,1-3,6-7,10-14H2. The number of para-hydroxylation sites is 1. The zero-order chi connectivity index (χ0) is 17.1. The lowest BCUT2D eigenvalue weighted by molar-refractivity contribution is 0.0749. The van der Waals surface area contributed by atoms with Crippen molar-refractivity contribution in [3.63, 3.8) is 0 Å². The van der Waals surface area contributed by atoms with Gasteiger partial charge in [0.2, 0.25) is 5.89 Å². The molecule has 1 aromatic carbocycles. The van der Waals surface area contributed by atoms with Gasteiger partial charge in [-0.25, -0.2) is 4.98 Å². The summed E-state index contributed by atoms with van der Waals surface area (Å²) in [5.74, 6) is 0.700. The molecule has 2 fully saturated rings. The molecule has 0 atom stereocenters. The van der Waals surface area contributed by atoms with Gasteiger partial charge in [0.25, 0.3) is 0 Å². The number of phenolic OH excluding ortho intramolecular Hbond substituents is 1. The molecule has 2 aliphatic rings. The third kappa shape index (κ3) is 3.88. The molecular weight excluding hydrogens is 314 g/mol. The Bertz CT molecular complexity index is 686. The SMILES string of the molecule is Oc1ccccc1-c1nc(CN2CCN(C3CCCCC3)CC2)co1. The van der Waals surface area contributed by atoms with E-state index in [2.05, 4.69) is 14.8 Å². The van der Waals surface area contributed by atoms with Gasteiger partial charge in [0.05, 0.1) is 11.3 Å². The van der Waals surface area contributed by atoms with Crippen LogP contribution in [0.1, 0.15) is 37.8 Å². The van der Waals surface area contributed by atoms with Gasteiger partial charge < -0.3 is 9.52 Å². The number of oxazole rings is 1. The summed E-state index contributed by atoms with van der Waals surface area (Å²) in [6, 6.07) is 7.98. The Hall–Kier alpha value is -1.85. The molecular formula is C20H27N3O2. The quantitative estimate of drug-likeness (QED) is 0.922. The number of hydrogen-bond acceptors (Lipinski definition) is 5. The highest BCUT2D eigenvalue weighted by Gasteiger charge is 2.25. The second kappa shape index (κ2) is 7.58. The first kappa shape index (κ1) is 16.6. The number of rotatable bonds is 4. The normalized spacial score (nSPS) is 20.8. The fourth-order valence-electron chi connectivity index (χ4n) is 4.12. The highest BCUT2D eigenvalue weighted by atomic mass is 16.3. The fraction of sp³-hybridized carbons (Fsp3) is 0.550. The van der Waals surface area contributed by atoms with Crippen LogP contribution in [-0.4, -0.2) is 52.1 Å². The summed E-state index contributed by atoms with van der Waals surface area (Å²) in [7, 11) is 0. The molecule has 1 aliphatic heterocycles. The van der Waals surface area contributed by atoms with E-state index in [1.165, 1.54) is 32.1 Å². The number of phenols is 1. The Morgan fingerprint density at radius 1 is 1.04 bits per heavy atom. The van der Waals surface area contributed by atoms with Gasteiger partial charge in [0.1, 0.15) is 12.0 Å². The first-order chi connectivity index (χ1) is 12.3. The van der Waals surface area contributed by atoms with E-state index in [9.17, 15) is 5.11 Å². The van der Waals surface area contributed by atoms with E-state index < -0.39 is 0 Å². The van der Waals surface area contributed by atoms with Gasteiger partial charge >= 0.3 is 0 Å². The molecule has 5 heteroatoms. The smallest absolute Gasteiger partial charge is 0.229 e. The minimum absolute atomic E-state index is 0.206. The number of benzene rings is 1. The molecule has 4 rings (SSSR count). The number of aromatic hydroxyl groups is 1. The van der Waals surface area contributed by atoms with Crippen molar-refractivity contribution in [2.24, 2.45) is 0 Å². The summed E-state index contributed by atoms with van der Waals surface area (Å²) in [6.45, 7) is 5.32. The van der Waals surface area contributed by atoms with Gasteiger partial charge in [-0.2, -0.15) is 0 Å². The van der Waals surface area contributed by atoms with Crippen molar-refractivity contribution in [1.82, 2.24) is 14.8 Å². The van der Waals surface area contributed by atoms with Gasteiger partial charge in [0, 0.05) is 38.8 Å². The van der Waals surface area contributed by atoms with Crippen LogP contribution in [0.4, 0.5) is 0 Å². The maximum atomic E-state index is 9.93. The molecule has 0 amide bonds. The van der Waals surface area contributed by atoms with Crippen LogP contribution in [0.15, 0.2) is 34.9 Å². The summed E-state index contributed by atoms with van der Waals surface area (Å²) < 4.78 is 5.58. The molecule has 0 radical (unpaired) electrons. The van der Waals surface area contributed by atoms with Crippen LogP contribution in [-0.2, 0) is 6.54 Å². The van der Waals surface area contributed by atoms with Gasteiger partial charge in [-0.05, 0) is 25.0 Å². The lowest BCUT2D eigenvalue weighted by atomic mass is 9.94. The Morgan fingerprint density at radius 2 is 1.80 bits per heavy atom. The number of hydrogen-bond donors (Lipinski definition) is 1. The molecule has 2 heterocycles. The molecule has 2 aromatic rings. The predicted molar refractivity (Wildman–Crippen MR) is 97.3 cm³/mol. The first-order valence-electron chi connectivity index (χ1n) is 9.49. The molecule has 1 aliphatic carbocycles. The van der Waals surface area contributed by atoms with Gasteiger partial charge in [0.15, 0.2) is 0 Å². The zero-order valence-corrected chi connectivity index (χ0v) is 14.7. The lowest BCUT2D eigenvalue weighted by Gasteiger charge is -2.40. The van der Waals surface area contributed by atoms with E-state index in [4.69, 9.17) is 4.42 Å². The van der Waals surface area contributed by atoms with E-state index in [-0.39, 0.29) is 5.75 Å². The van der Waals surface area contributed by atoms with E-state index in [1.54, 1.807) is 18.4 Å². The van der Waals surface area contributed by atoms with Gasteiger partial charge in [-0.1, -0.05) is 31.4 Å². The highest BCUT2D eigenvalue weighted by molar-refractivity contribution is 5.61. The van der Waals surface area contributed by atoms with Crippen molar-refractivity contribution in [3.05, 3.63) is 36.2 Å². The maximum Gasteiger partial charge on any atom is 0.229 e. The molecule has 1 aromatic heterocycles. The predicted octanol–water partition coefficient (Wildman–Crippen LogP) is 3.50. The summed E-state index contributed by atoms with van der Waals surface area (Å²) >= 11 is 0. The summed E-state index contributed by atoms with van der Waals surface area (Å²) in [6.07, 6.45) is 8.70. The molecule has 1 saturated heterocycles. The largest absolute Gasteiger partial charge is 0.507 e. The Labute approximate surface area is 149 Å². The van der Waals surface area contributed by atoms with Crippen molar-refractivity contribution < 1.29 is 9.52 Å². The minimum Gasteiger partial charge on any atom is -0.507 e. The van der Waals surface area contributed by atoms with Crippen LogP contribution in [0.3, 0.4) is 0 Å². The zero-order valence-electron chi connectivity index (χ0n) is 14.7. The Balaban J connectivity index is 1.32. The van der Waals surface area contributed by atoms with E-state index in [0.717, 1.165) is 44.5 Å². The minimum atomic E-state index is 0.206. The number of nitrogens with zero attached hydrogens (tertiary/aromatic N) is 3. The maximum absolute atomic E-state index is 9.93. The molecule has 134 valence electrons. The molecule has 0 spiro atoms. The van der Waals surface area contributed by atoms with Gasteiger partial charge in [-0.15, -0.1) is 0 Å². The van der Waals surface area contributed by atoms with E-state index >= 15 is 0 Å². The van der Waals surface area contributed by atoms with Gasteiger partial charge in [-0.3, -0.25) is 9.80 Å². The van der Waals surface area contributed by atoms with Crippen LogP contribution >= 0.6 is 0 Å². The van der Waals surface area contributed by atoms with Crippen molar-refractivity contribution in [1.29, 1.82) is 0 Å². The lowest BCUT2D eigenvalue weighted by Crippen LogP contribution is -2.50. The monoisotopic (exact) mass is 341 g/mol. The average molecular weight is 341 g/mol. The molecule has 1 saturated carbocycles. The molecule has 0 bridgehead atoms. The van der Waals surface area contributed by atoms with Crippen LogP contribution in [0.25, 0.3) is 11.5 Å². The topological polar surface area (TPSA) is 52.7 Å². The van der Waals surface area contributed by atoms with Crippen molar-refractivity contribution >= 4 is 0 Å². The molecule has 25 heavy (non-hydrogen) atoms. The van der Waals surface area contributed by atoms with E-state index in [1.807, 2.05) is 12.1 Å². The third-order valence-electron chi connectivity index (χ3n) is 5.57. The summed E-state index contributed by atoms with van der Waals surface area (Å²) in [5, 5.41) is 9.93. The third-order valence-corrected chi connectivity index (χ3v) is 5.57. The molecule has 5 nitrogen and oxygen atoms in total. The molecule has 0 unspecified atom stereocenters. The Morgan fingerprint density at radius 3 is 2.56 bits per heavy atom. The van der Waals surface area contributed by atoms with E-state index in [0.29, 0.717) is 11.5 Å². The average Bonchev–Trinajstić information content (AvgIpc) is 3.12. The Kier molecular flexibility index (Phi) is 5.04.